The van der Waals surface area contributed by atoms with E-state index in [9.17, 15) is 9.59 Å². The van der Waals surface area contributed by atoms with Crippen molar-refractivity contribution in [2.24, 2.45) is 0 Å². The van der Waals surface area contributed by atoms with Gasteiger partial charge in [0.25, 0.3) is 0 Å². The first-order chi connectivity index (χ1) is 8.54. The lowest BCUT2D eigenvalue weighted by atomic mass is 10.2. The topological polar surface area (TPSA) is 75.6 Å². The Labute approximate surface area is 110 Å². The molecule has 0 aliphatic heterocycles. The average molecular weight is 272 g/mol. The fourth-order valence-corrected chi connectivity index (χ4v) is 1.57. The molecular weight excluding hydrogens is 258 g/mol. The highest BCUT2D eigenvalue weighted by molar-refractivity contribution is 6.33. The summed E-state index contributed by atoms with van der Waals surface area (Å²) in [4.78, 5) is 22.4. The van der Waals surface area contributed by atoms with E-state index in [0.29, 0.717) is 25.1 Å². The quantitative estimate of drug-likeness (QED) is 0.779. The molecule has 1 rings (SSSR count). The van der Waals surface area contributed by atoms with Crippen LogP contribution >= 0.6 is 11.6 Å². The van der Waals surface area contributed by atoms with Crippen molar-refractivity contribution in [1.82, 2.24) is 0 Å². The van der Waals surface area contributed by atoms with Crippen LogP contribution in [0.15, 0.2) is 18.2 Å². The molecule has 2 N–H and O–H groups in total. The second-order valence-corrected chi connectivity index (χ2v) is 4.05. The highest BCUT2D eigenvalue weighted by Gasteiger charge is 2.10. The van der Waals surface area contributed by atoms with E-state index in [1.54, 1.807) is 13.2 Å². The van der Waals surface area contributed by atoms with Crippen molar-refractivity contribution in [1.29, 1.82) is 0 Å². The number of methoxy groups -OCH3 is 1. The van der Waals surface area contributed by atoms with Crippen molar-refractivity contribution in [3.8, 4) is 0 Å². The molecule has 0 aromatic heterocycles. The number of benzene rings is 1. The van der Waals surface area contributed by atoms with Gasteiger partial charge in [-0.1, -0.05) is 11.6 Å². The van der Waals surface area contributed by atoms with E-state index in [1.165, 1.54) is 12.1 Å². The molecule has 0 fully saturated rings. The number of carboxylic acid groups (broad SMARTS) is 1. The first kappa shape index (κ1) is 14.5. The summed E-state index contributed by atoms with van der Waals surface area (Å²) >= 11 is 5.72. The van der Waals surface area contributed by atoms with Gasteiger partial charge < -0.3 is 15.2 Å². The lowest BCUT2D eigenvalue weighted by Gasteiger charge is -2.07. The number of carbonyl (C=O) groups excluding carboxylic acids is 1. The summed E-state index contributed by atoms with van der Waals surface area (Å²) in [6.45, 7) is 0.508. The van der Waals surface area contributed by atoms with Crippen LogP contribution in [-0.2, 0) is 9.53 Å². The summed E-state index contributed by atoms with van der Waals surface area (Å²) in [5, 5.41) is 11.6. The monoisotopic (exact) mass is 271 g/mol. The Morgan fingerprint density at radius 3 is 2.78 bits per heavy atom. The predicted molar refractivity (Wildman–Crippen MR) is 68.2 cm³/mol. The summed E-state index contributed by atoms with van der Waals surface area (Å²) in [5.41, 5.74) is 0.380. The Hall–Kier alpha value is -1.59. The van der Waals surface area contributed by atoms with E-state index >= 15 is 0 Å². The number of amides is 1. The first-order valence-electron chi connectivity index (χ1n) is 5.36. The van der Waals surface area contributed by atoms with Crippen LogP contribution in [0.2, 0.25) is 5.02 Å². The highest BCUT2D eigenvalue weighted by Crippen LogP contribution is 2.20. The SMILES string of the molecule is COCCCC(=O)Nc1ccc(Cl)c(C(=O)O)c1. The van der Waals surface area contributed by atoms with Gasteiger partial charge in [0, 0.05) is 25.8 Å². The lowest BCUT2D eigenvalue weighted by Crippen LogP contribution is -2.12. The molecule has 0 aliphatic rings. The number of halogens is 1. The Bertz CT molecular complexity index is 448. The molecule has 0 bridgehead atoms. The molecule has 18 heavy (non-hydrogen) atoms. The summed E-state index contributed by atoms with van der Waals surface area (Å²) in [5.74, 6) is -1.32. The Morgan fingerprint density at radius 1 is 1.44 bits per heavy atom. The van der Waals surface area contributed by atoms with Crippen LogP contribution in [0.3, 0.4) is 0 Å². The van der Waals surface area contributed by atoms with E-state index in [0.717, 1.165) is 0 Å². The van der Waals surface area contributed by atoms with Gasteiger partial charge in [0.1, 0.15) is 0 Å². The zero-order valence-electron chi connectivity index (χ0n) is 9.90. The maximum atomic E-state index is 11.5. The van der Waals surface area contributed by atoms with E-state index in [1.807, 2.05) is 0 Å². The maximum absolute atomic E-state index is 11.5. The molecule has 98 valence electrons. The third kappa shape index (κ3) is 4.35. The zero-order chi connectivity index (χ0) is 13.5. The summed E-state index contributed by atoms with van der Waals surface area (Å²) < 4.78 is 4.83. The first-order valence-corrected chi connectivity index (χ1v) is 5.74. The van der Waals surface area contributed by atoms with Gasteiger partial charge in [0.05, 0.1) is 10.6 Å². The third-order valence-corrected chi connectivity index (χ3v) is 2.56. The van der Waals surface area contributed by atoms with E-state index in [2.05, 4.69) is 5.32 Å². The summed E-state index contributed by atoms with van der Waals surface area (Å²) in [6, 6.07) is 4.33. The molecule has 1 aromatic carbocycles. The molecular formula is C12H14ClNO4. The molecule has 1 amide bonds. The van der Waals surface area contributed by atoms with Crippen LogP contribution in [0.1, 0.15) is 23.2 Å². The van der Waals surface area contributed by atoms with Crippen LogP contribution in [0.4, 0.5) is 5.69 Å². The Kier molecular flexibility index (Phi) is 5.61. The smallest absolute Gasteiger partial charge is 0.337 e. The van der Waals surface area contributed by atoms with Gasteiger partial charge in [-0.25, -0.2) is 4.79 Å². The number of anilines is 1. The fraction of sp³-hybridized carbons (Fsp3) is 0.333. The number of rotatable bonds is 6. The molecule has 0 radical (unpaired) electrons. The number of hydrogen-bond donors (Lipinski definition) is 2. The molecule has 1 aromatic rings. The van der Waals surface area contributed by atoms with E-state index in [-0.39, 0.29) is 16.5 Å². The molecule has 0 heterocycles. The number of hydrogen-bond acceptors (Lipinski definition) is 3. The Morgan fingerprint density at radius 2 is 2.17 bits per heavy atom. The fourth-order valence-electron chi connectivity index (χ4n) is 1.37. The molecule has 6 heteroatoms. The van der Waals surface area contributed by atoms with E-state index < -0.39 is 5.97 Å². The predicted octanol–water partition coefficient (Wildman–Crippen LogP) is 2.40. The normalized spacial score (nSPS) is 10.1. The highest BCUT2D eigenvalue weighted by atomic mass is 35.5. The largest absolute Gasteiger partial charge is 0.478 e. The standard InChI is InChI=1S/C12H14ClNO4/c1-18-6-2-3-11(15)14-8-4-5-10(13)9(7-8)12(16)17/h4-5,7H,2-3,6H2,1H3,(H,14,15)(H,16,17). The minimum Gasteiger partial charge on any atom is -0.478 e. The van der Waals surface area contributed by atoms with Gasteiger partial charge >= 0.3 is 5.97 Å². The molecule has 0 aliphatic carbocycles. The number of ether oxygens (including phenoxy) is 1. The van der Waals surface area contributed by atoms with Gasteiger partial charge in [-0.2, -0.15) is 0 Å². The number of aromatic carboxylic acids is 1. The van der Waals surface area contributed by atoms with Gasteiger partial charge in [0.15, 0.2) is 0 Å². The van der Waals surface area contributed by atoms with Gasteiger partial charge in [0.2, 0.25) is 5.91 Å². The van der Waals surface area contributed by atoms with Crippen LogP contribution in [0.25, 0.3) is 0 Å². The van der Waals surface area contributed by atoms with Crippen molar-refractivity contribution in [2.75, 3.05) is 19.0 Å². The van der Waals surface area contributed by atoms with Crippen molar-refractivity contribution in [2.45, 2.75) is 12.8 Å². The molecule has 5 nitrogen and oxygen atoms in total. The maximum Gasteiger partial charge on any atom is 0.337 e. The minimum absolute atomic E-state index is 0.0358. The minimum atomic E-state index is -1.13. The van der Waals surface area contributed by atoms with Crippen molar-refractivity contribution in [3.05, 3.63) is 28.8 Å². The zero-order valence-corrected chi connectivity index (χ0v) is 10.7. The van der Waals surface area contributed by atoms with Crippen molar-refractivity contribution in [3.63, 3.8) is 0 Å². The van der Waals surface area contributed by atoms with Gasteiger partial charge in [-0.3, -0.25) is 4.79 Å². The second kappa shape index (κ2) is 6.98. The number of carboxylic acids is 1. The molecule has 0 saturated heterocycles. The molecule has 0 saturated carbocycles. The van der Waals surface area contributed by atoms with Crippen LogP contribution in [0.5, 0.6) is 0 Å². The van der Waals surface area contributed by atoms with Crippen LogP contribution in [-0.4, -0.2) is 30.7 Å². The second-order valence-electron chi connectivity index (χ2n) is 3.64. The van der Waals surface area contributed by atoms with Gasteiger partial charge in [-0.05, 0) is 24.6 Å². The van der Waals surface area contributed by atoms with Crippen LogP contribution < -0.4 is 5.32 Å². The lowest BCUT2D eigenvalue weighted by molar-refractivity contribution is -0.116. The van der Waals surface area contributed by atoms with E-state index in [4.69, 9.17) is 21.4 Å². The molecule has 0 unspecified atom stereocenters. The molecule has 0 spiro atoms. The molecule has 0 atom stereocenters. The van der Waals surface area contributed by atoms with Crippen LogP contribution in [0, 0.1) is 0 Å². The van der Waals surface area contributed by atoms with Gasteiger partial charge in [-0.15, -0.1) is 0 Å². The van der Waals surface area contributed by atoms with Crippen molar-refractivity contribution < 1.29 is 19.4 Å². The van der Waals surface area contributed by atoms with Crippen molar-refractivity contribution >= 4 is 29.2 Å². The third-order valence-electron chi connectivity index (χ3n) is 2.23. The average Bonchev–Trinajstić information content (AvgIpc) is 2.31. The summed E-state index contributed by atoms with van der Waals surface area (Å²) in [7, 11) is 1.57. The number of nitrogens with one attached hydrogen (secondary N) is 1. The number of carbonyl (C=O) groups is 2. The Balaban J connectivity index is 2.65. The summed E-state index contributed by atoms with van der Waals surface area (Å²) in [6.07, 6.45) is 0.931.